The molecule has 0 aliphatic rings. The summed E-state index contributed by atoms with van der Waals surface area (Å²) in [5.41, 5.74) is 0.322. The average molecular weight is 292 g/mol. The largest absolute Gasteiger partial charge is 0.465 e. The normalized spacial score (nSPS) is 10.2. The summed E-state index contributed by atoms with van der Waals surface area (Å²) >= 11 is 0. The predicted molar refractivity (Wildman–Crippen MR) is 69.2 cm³/mol. The zero-order chi connectivity index (χ0) is 15.6. The first-order chi connectivity index (χ1) is 10.0. The molecule has 0 aliphatic carbocycles. The molecule has 0 unspecified atom stereocenters. The van der Waals surface area contributed by atoms with Crippen molar-refractivity contribution in [2.75, 3.05) is 21.3 Å². The Kier molecular flexibility index (Phi) is 3.88. The first-order valence-corrected chi connectivity index (χ1v) is 5.80. The van der Waals surface area contributed by atoms with Gasteiger partial charge in [0.2, 0.25) is 0 Å². The molecule has 0 aliphatic heterocycles. The Morgan fingerprint density at radius 3 is 2.14 bits per heavy atom. The van der Waals surface area contributed by atoms with Crippen LogP contribution in [-0.2, 0) is 14.2 Å². The van der Waals surface area contributed by atoms with E-state index in [1.54, 1.807) is 0 Å². The van der Waals surface area contributed by atoms with Crippen molar-refractivity contribution in [3.05, 3.63) is 35.2 Å². The maximum atomic E-state index is 11.8. The van der Waals surface area contributed by atoms with Crippen LogP contribution in [-0.4, -0.2) is 48.9 Å². The molecule has 0 spiro atoms. The second kappa shape index (κ2) is 5.61. The van der Waals surface area contributed by atoms with Crippen LogP contribution in [0.25, 0.3) is 5.52 Å². The molecule has 0 radical (unpaired) electrons. The van der Waals surface area contributed by atoms with Crippen LogP contribution >= 0.6 is 0 Å². The number of ether oxygens (including phenoxy) is 3. The fourth-order valence-corrected chi connectivity index (χ4v) is 1.83. The molecule has 0 aromatic carbocycles. The lowest BCUT2D eigenvalue weighted by Gasteiger charge is -2.01. The van der Waals surface area contributed by atoms with Crippen molar-refractivity contribution in [1.82, 2.24) is 9.61 Å². The van der Waals surface area contributed by atoms with Gasteiger partial charge in [-0.1, -0.05) is 0 Å². The van der Waals surface area contributed by atoms with Gasteiger partial charge in [-0.25, -0.2) is 18.9 Å². The van der Waals surface area contributed by atoms with Gasteiger partial charge in [-0.15, -0.1) is 0 Å². The Bertz CT molecular complexity index is 734. The zero-order valence-corrected chi connectivity index (χ0v) is 11.6. The molecule has 0 fully saturated rings. The van der Waals surface area contributed by atoms with Crippen molar-refractivity contribution in [2.45, 2.75) is 0 Å². The number of carbonyl (C=O) groups is 3. The van der Waals surface area contributed by atoms with Gasteiger partial charge in [-0.3, -0.25) is 0 Å². The number of esters is 3. The average Bonchev–Trinajstić information content (AvgIpc) is 2.90. The molecule has 0 atom stereocenters. The molecule has 0 saturated carbocycles. The summed E-state index contributed by atoms with van der Waals surface area (Å²) in [4.78, 5) is 35.0. The minimum absolute atomic E-state index is 0.0271. The highest BCUT2D eigenvalue weighted by atomic mass is 16.5. The third-order valence-electron chi connectivity index (χ3n) is 2.82. The second-order valence-corrected chi connectivity index (χ2v) is 3.95. The van der Waals surface area contributed by atoms with E-state index < -0.39 is 17.9 Å². The van der Waals surface area contributed by atoms with E-state index in [0.29, 0.717) is 5.52 Å². The van der Waals surface area contributed by atoms with Crippen LogP contribution in [0.5, 0.6) is 0 Å². The van der Waals surface area contributed by atoms with E-state index in [4.69, 9.17) is 0 Å². The van der Waals surface area contributed by atoms with Crippen LogP contribution in [0.15, 0.2) is 18.3 Å². The molecule has 110 valence electrons. The zero-order valence-electron chi connectivity index (χ0n) is 11.6. The van der Waals surface area contributed by atoms with Gasteiger partial charge in [0.15, 0.2) is 5.69 Å². The number of nitrogens with zero attached hydrogens (tertiary/aromatic N) is 2. The van der Waals surface area contributed by atoms with E-state index >= 15 is 0 Å². The van der Waals surface area contributed by atoms with Crippen LogP contribution < -0.4 is 0 Å². The molecule has 2 heterocycles. The third-order valence-corrected chi connectivity index (χ3v) is 2.82. The lowest BCUT2D eigenvalue weighted by Crippen LogP contribution is -2.10. The van der Waals surface area contributed by atoms with E-state index in [1.165, 1.54) is 44.2 Å². The van der Waals surface area contributed by atoms with Crippen LogP contribution in [0.2, 0.25) is 0 Å². The van der Waals surface area contributed by atoms with Gasteiger partial charge < -0.3 is 14.2 Å². The van der Waals surface area contributed by atoms with Gasteiger partial charge in [0.05, 0.1) is 32.4 Å². The fraction of sp³-hybridized carbons (Fsp3) is 0.231. The first-order valence-electron chi connectivity index (χ1n) is 5.80. The monoisotopic (exact) mass is 292 g/mol. The molecule has 0 N–H and O–H groups in total. The lowest BCUT2D eigenvalue weighted by atomic mass is 10.2. The lowest BCUT2D eigenvalue weighted by molar-refractivity contribution is 0.0553. The van der Waals surface area contributed by atoms with Crippen molar-refractivity contribution in [3.8, 4) is 0 Å². The van der Waals surface area contributed by atoms with Gasteiger partial charge in [0.25, 0.3) is 0 Å². The summed E-state index contributed by atoms with van der Waals surface area (Å²) in [5.74, 6) is -2.07. The molecule has 2 rings (SSSR count). The Balaban J connectivity index is 2.70. The van der Waals surface area contributed by atoms with Gasteiger partial charge in [0.1, 0.15) is 5.56 Å². The number of methoxy groups -OCH3 is 3. The maximum Gasteiger partial charge on any atom is 0.359 e. The van der Waals surface area contributed by atoms with Crippen LogP contribution in [0.3, 0.4) is 0 Å². The highest BCUT2D eigenvalue weighted by Crippen LogP contribution is 2.19. The van der Waals surface area contributed by atoms with E-state index in [-0.39, 0.29) is 16.8 Å². The van der Waals surface area contributed by atoms with Crippen LogP contribution in [0.4, 0.5) is 0 Å². The summed E-state index contributed by atoms with van der Waals surface area (Å²) in [7, 11) is 3.61. The SMILES string of the molecule is COC(=O)c1ccc2c(C(=O)OC)c(C(=O)OC)nn2c1. The number of aromatic nitrogens is 2. The minimum atomic E-state index is -0.779. The fourth-order valence-electron chi connectivity index (χ4n) is 1.83. The maximum absolute atomic E-state index is 11.8. The summed E-state index contributed by atoms with van der Waals surface area (Å²) in [6.45, 7) is 0. The Morgan fingerprint density at radius 2 is 1.57 bits per heavy atom. The van der Waals surface area contributed by atoms with E-state index in [9.17, 15) is 14.4 Å². The van der Waals surface area contributed by atoms with Crippen molar-refractivity contribution < 1.29 is 28.6 Å². The number of rotatable bonds is 3. The summed E-state index contributed by atoms with van der Waals surface area (Å²) in [6.07, 6.45) is 1.35. The molecule has 2 aromatic heterocycles. The van der Waals surface area contributed by atoms with E-state index in [1.807, 2.05) is 0 Å². The van der Waals surface area contributed by atoms with Gasteiger partial charge >= 0.3 is 17.9 Å². The molecule has 8 heteroatoms. The smallest absolute Gasteiger partial charge is 0.359 e. The quantitative estimate of drug-likeness (QED) is 0.606. The van der Waals surface area contributed by atoms with Crippen LogP contribution in [0.1, 0.15) is 31.2 Å². The summed E-state index contributed by atoms with van der Waals surface area (Å²) in [6, 6.07) is 2.92. The Hall–Kier alpha value is -2.90. The first kappa shape index (κ1) is 14.5. The molecular formula is C13H12N2O6. The highest BCUT2D eigenvalue weighted by Gasteiger charge is 2.26. The van der Waals surface area contributed by atoms with Gasteiger partial charge in [-0.05, 0) is 12.1 Å². The number of carbonyl (C=O) groups excluding carboxylic acids is 3. The summed E-state index contributed by atoms with van der Waals surface area (Å²) in [5, 5.41) is 3.96. The van der Waals surface area contributed by atoms with Crippen molar-refractivity contribution >= 4 is 23.4 Å². The number of pyridine rings is 1. The topological polar surface area (TPSA) is 96.2 Å². The number of fused-ring (bicyclic) bond motifs is 1. The molecule has 2 aromatic rings. The minimum Gasteiger partial charge on any atom is -0.465 e. The summed E-state index contributed by atoms with van der Waals surface area (Å²) < 4.78 is 15.1. The Labute approximate surface area is 119 Å². The van der Waals surface area contributed by atoms with Gasteiger partial charge in [-0.2, -0.15) is 5.10 Å². The van der Waals surface area contributed by atoms with Gasteiger partial charge in [0, 0.05) is 6.20 Å². The molecular weight excluding hydrogens is 280 g/mol. The standard InChI is InChI=1S/C13H12N2O6/c1-19-11(16)7-4-5-8-9(12(17)20-2)10(13(18)21-3)14-15(8)6-7/h4-6H,1-3H3. The van der Waals surface area contributed by atoms with Crippen LogP contribution in [0, 0.1) is 0 Å². The van der Waals surface area contributed by atoms with E-state index in [2.05, 4.69) is 19.3 Å². The molecule has 0 bridgehead atoms. The van der Waals surface area contributed by atoms with E-state index in [0.717, 1.165) is 0 Å². The Morgan fingerprint density at radius 1 is 0.952 bits per heavy atom. The number of hydrogen-bond acceptors (Lipinski definition) is 7. The molecule has 0 amide bonds. The number of hydrogen-bond donors (Lipinski definition) is 0. The second-order valence-electron chi connectivity index (χ2n) is 3.95. The van der Waals surface area contributed by atoms with Crippen molar-refractivity contribution in [3.63, 3.8) is 0 Å². The van der Waals surface area contributed by atoms with Crippen molar-refractivity contribution in [1.29, 1.82) is 0 Å². The molecule has 8 nitrogen and oxygen atoms in total. The van der Waals surface area contributed by atoms with Crippen molar-refractivity contribution in [2.24, 2.45) is 0 Å². The molecule has 0 saturated heterocycles. The third kappa shape index (κ3) is 2.42. The highest BCUT2D eigenvalue weighted by molar-refractivity contribution is 6.07. The predicted octanol–water partition coefficient (Wildman–Crippen LogP) is 0.694. The molecule has 21 heavy (non-hydrogen) atoms.